The van der Waals surface area contributed by atoms with Crippen LogP contribution in [0.4, 0.5) is 10.4 Å². The normalized spacial score (nSPS) is 20.3. The summed E-state index contributed by atoms with van der Waals surface area (Å²) < 4.78 is 19.1. The summed E-state index contributed by atoms with van der Waals surface area (Å²) in [4.78, 5) is 47.3. The first kappa shape index (κ1) is 22.7. The number of nitrogens with one attached hydrogen (secondary N) is 1. The molecule has 33 heavy (non-hydrogen) atoms. The molecule has 2 amide bonds. The van der Waals surface area contributed by atoms with E-state index in [1.165, 1.54) is 28.0 Å². The minimum atomic E-state index is -1.22. The van der Waals surface area contributed by atoms with Crippen LogP contribution in [0.2, 0.25) is 0 Å². The van der Waals surface area contributed by atoms with Gasteiger partial charge in [-0.1, -0.05) is 16.5 Å². The quantitative estimate of drug-likeness (QED) is 0.139. The van der Waals surface area contributed by atoms with Crippen molar-refractivity contribution in [1.82, 2.24) is 15.2 Å². The Morgan fingerprint density at radius 2 is 2.33 bits per heavy atom. The average molecular weight is 498 g/mol. The number of carboxylic acid groups (broad SMARTS) is 1. The second-order valence-electron chi connectivity index (χ2n) is 6.85. The number of aliphatic carboxylic acids is 1. The fraction of sp³-hybridized carbons (Fsp3) is 0.333. The van der Waals surface area contributed by atoms with Crippen LogP contribution >= 0.6 is 23.1 Å². The Kier molecular flexibility index (Phi) is 6.60. The Hall–Kier alpha value is -3.46. The minimum Gasteiger partial charge on any atom is -0.477 e. The molecule has 174 valence electrons. The molecule has 2 atom stereocenters. The highest BCUT2D eigenvalue weighted by molar-refractivity contribution is 8.00. The largest absolute Gasteiger partial charge is 0.477 e. The number of rotatable bonds is 9. The molecule has 2 aromatic rings. The van der Waals surface area contributed by atoms with E-state index in [1.807, 2.05) is 21.7 Å². The fourth-order valence-corrected chi connectivity index (χ4v) is 5.27. The molecule has 4 rings (SSSR count). The standard InChI is InChI=1S/C18H17FN6O6S2/c19-1-3-31-23-11(10-6-30-18(20)21-10)14(26)22-12-15(27)25-13(17(28)29)9(7-33-16(12)25)5-24-2-4-32-8-24/h2,4,6,8,12,16H,1,3,5,7H2,(H3-,20,21,22,26,28,29)/p+1/b23-11-/t12-,16-/m1/s1. The Bertz CT molecular complexity index is 1130. The van der Waals surface area contributed by atoms with E-state index in [9.17, 15) is 23.9 Å². The Morgan fingerprint density at radius 3 is 2.97 bits per heavy atom. The van der Waals surface area contributed by atoms with Crippen molar-refractivity contribution in [3.8, 4) is 0 Å². The number of anilines is 1. The number of halogens is 1. The molecule has 4 N–H and O–H groups in total. The molecule has 0 spiro atoms. The number of hydrogen-bond donors (Lipinski definition) is 3. The molecule has 0 radical (unpaired) electrons. The molecular weight excluding hydrogens is 479 g/mol. The van der Waals surface area contributed by atoms with Crippen molar-refractivity contribution in [2.24, 2.45) is 5.16 Å². The number of amides is 2. The summed E-state index contributed by atoms with van der Waals surface area (Å²) in [6.07, 6.45) is 2.88. The SMILES string of the molecule is Nc1nc(/C(=N/OCCF)C(=O)N[C@@H]2C(=O)N3C(C(=O)O)=C(C[n+]4ccsc4)CS[C@H]23)co1. The van der Waals surface area contributed by atoms with Gasteiger partial charge in [0.05, 0.1) is 5.38 Å². The highest BCUT2D eigenvalue weighted by atomic mass is 32.2. The van der Waals surface area contributed by atoms with Gasteiger partial charge in [0.2, 0.25) is 5.51 Å². The molecule has 2 aromatic heterocycles. The van der Waals surface area contributed by atoms with Gasteiger partial charge in [0.25, 0.3) is 17.8 Å². The first-order valence-electron chi connectivity index (χ1n) is 9.50. The van der Waals surface area contributed by atoms with Gasteiger partial charge in [-0.15, -0.1) is 11.8 Å². The number of thioether (sulfide) groups is 1. The van der Waals surface area contributed by atoms with Crippen LogP contribution < -0.4 is 15.6 Å². The monoisotopic (exact) mass is 497 g/mol. The fourth-order valence-electron chi connectivity index (χ4n) is 3.33. The second kappa shape index (κ2) is 9.58. The van der Waals surface area contributed by atoms with Gasteiger partial charge in [-0.05, 0) is 0 Å². The van der Waals surface area contributed by atoms with Gasteiger partial charge in [-0.3, -0.25) is 14.5 Å². The van der Waals surface area contributed by atoms with Gasteiger partial charge in [0.1, 0.15) is 42.4 Å². The maximum Gasteiger partial charge on any atom is 0.352 e. The van der Waals surface area contributed by atoms with E-state index in [-0.39, 0.29) is 23.1 Å². The van der Waals surface area contributed by atoms with Crippen molar-refractivity contribution in [3.63, 3.8) is 0 Å². The number of oxime groups is 1. The van der Waals surface area contributed by atoms with Crippen molar-refractivity contribution in [2.45, 2.75) is 18.0 Å². The third-order valence-electron chi connectivity index (χ3n) is 4.74. The highest BCUT2D eigenvalue weighted by Gasteiger charge is 2.54. The maximum atomic E-state index is 12.8. The smallest absolute Gasteiger partial charge is 0.352 e. The molecule has 0 aromatic carbocycles. The summed E-state index contributed by atoms with van der Waals surface area (Å²) >= 11 is 2.80. The maximum absolute atomic E-state index is 12.8. The lowest BCUT2D eigenvalue weighted by atomic mass is 10.0. The number of nitrogen functional groups attached to an aromatic ring is 1. The van der Waals surface area contributed by atoms with Gasteiger partial charge >= 0.3 is 5.97 Å². The molecule has 0 unspecified atom stereocenters. The number of β-lactam (4-membered cyclic amide) rings is 1. The number of nitrogens with two attached hydrogens (primary N) is 1. The van der Waals surface area contributed by atoms with E-state index in [2.05, 4.69) is 15.5 Å². The molecule has 0 bridgehead atoms. The van der Waals surface area contributed by atoms with Crippen LogP contribution in [-0.4, -0.2) is 68.9 Å². The second-order valence-corrected chi connectivity index (χ2v) is 8.71. The molecule has 0 saturated carbocycles. The van der Waals surface area contributed by atoms with E-state index in [0.29, 0.717) is 17.9 Å². The van der Waals surface area contributed by atoms with Crippen LogP contribution in [-0.2, 0) is 25.8 Å². The summed E-state index contributed by atoms with van der Waals surface area (Å²) in [5, 5.41) is 17.1. The van der Waals surface area contributed by atoms with Crippen LogP contribution in [0.15, 0.2) is 44.2 Å². The summed E-state index contributed by atoms with van der Waals surface area (Å²) in [7, 11) is 0. The van der Waals surface area contributed by atoms with Crippen molar-refractivity contribution >= 4 is 52.6 Å². The van der Waals surface area contributed by atoms with Crippen molar-refractivity contribution in [1.29, 1.82) is 0 Å². The molecule has 1 saturated heterocycles. The number of thiazole rings is 1. The zero-order valence-corrected chi connectivity index (χ0v) is 18.5. The first-order valence-corrected chi connectivity index (χ1v) is 11.5. The minimum absolute atomic E-state index is 0.0648. The number of hydrogen-bond acceptors (Lipinski definition) is 10. The lowest BCUT2D eigenvalue weighted by molar-refractivity contribution is -0.684. The van der Waals surface area contributed by atoms with Gasteiger partial charge in [0, 0.05) is 11.3 Å². The molecule has 2 aliphatic rings. The molecule has 12 nitrogen and oxygen atoms in total. The number of carbonyl (C=O) groups excluding carboxylic acids is 2. The lowest BCUT2D eigenvalue weighted by Gasteiger charge is -2.49. The number of nitrogens with zero attached hydrogens (tertiary/aromatic N) is 4. The molecular formula is C18H18FN6O6S2+. The number of oxazole rings is 1. The average Bonchev–Trinajstić information content (AvgIpc) is 3.46. The van der Waals surface area contributed by atoms with Gasteiger partial charge in [0.15, 0.2) is 18.5 Å². The molecule has 4 heterocycles. The topological polar surface area (TPSA) is 164 Å². The molecule has 1 fully saturated rings. The van der Waals surface area contributed by atoms with Crippen LogP contribution in [0, 0.1) is 0 Å². The van der Waals surface area contributed by atoms with Crippen molar-refractivity contribution in [2.75, 3.05) is 24.8 Å². The predicted molar refractivity (Wildman–Crippen MR) is 114 cm³/mol. The van der Waals surface area contributed by atoms with E-state index >= 15 is 0 Å². The van der Waals surface area contributed by atoms with Crippen LogP contribution in [0.5, 0.6) is 0 Å². The van der Waals surface area contributed by atoms with E-state index in [4.69, 9.17) is 15.0 Å². The van der Waals surface area contributed by atoms with Crippen LogP contribution in [0.25, 0.3) is 0 Å². The third-order valence-corrected chi connectivity index (χ3v) is 6.75. The summed E-state index contributed by atoms with van der Waals surface area (Å²) in [6.45, 7) is -0.886. The van der Waals surface area contributed by atoms with Gasteiger partial charge in [-0.25, -0.2) is 9.18 Å². The van der Waals surface area contributed by atoms with Crippen molar-refractivity contribution < 1.29 is 37.7 Å². The highest BCUT2D eigenvalue weighted by Crippen LogP contribution is 2.40. The molecule has 0 aliphatic carbocycles. The van der Waals surface area contributed by atoms with Crippen LogP contribution in [0.3, 0.4) is 0 Å². The zero-order chi connectivity index (χ0) is 23.5. The first-order chi connectivity index (χ1) is 15.9. The Morgan fingerprint density at radius 1 is 1.52 bits per heavy atom. The van der Waals surface area contributed by atoms with E-state index in [1.54, 1.807) is 0 Å². The number of carboxylic acids is 1. The summed E-state index contributed by atoms with van der Waals surface area (Å²) in [6, 6.07) is -1.22. The number of alkyl halides is 1. The van der Waals surface area contributed by atoms with Gasteiger partial charge in [-0.2, -0.15) is 9.55 Å². The molecule has 2 aliphatic heterocycles. The predicted octanol–water partition coefficient (Wildman–Crippen LogP) is -0.265. The Balaban J connectivity index is 1.52. The number of aromatic nitrogens is 2. The van der Waals surface area contributed by atoms with Crippen molar-refractivity contribution in [3.05, 3.63) is 40.3 Å². The summed E-state index contributed by atoms with van der Waals surface area (Å²) in [5.41, 5.74) is 7.35. The number of carbonyl (C=O) groups is 3. The van der Waals surface area contributed by atoms with Gasteiger partial charge < -0.3 is 25.4 Å². The Labute approximate surface area is 193 Å². The number of fused-ring (bicyclic) bond motifs is 1. The van der Waals surface area contributed by atoms with E-state index < -0.39 is 42.5 Å². The lowest BCUT2D eigenvalue weighted by Crippen LogP contribution is -2.71. The van der Waals surface area contributed by atoms with Crippen LogP contribution in [0.1, 0.15) is 5.69 Å². The third kappa shape index (κ3) is 4.54. The molecule has 15 heteroatoms. The zero-order valence-electron chi connectivity index (χ0n) is 16.8. The summed E-state index contributed by atoms with van der Waals surface area (Å²) in [5.74, 6) is -2.26. The van der Waals surface area contributed by atoms with E-state index in [0.717, 1.165) is 6.26 Å².